The predicted octanol–water partition coefficient (Wildman–Crippen LogP) is -0.0351. The molecule has 1 N–H and O–H groups in total. The van der Waals surface area contributed by atoms with E-state index in [2.05, 4.69) is 17.0 Å². The van der Waals surface area contributed by atoms with Crippen molar-refractivity contribution in [2.45, 2.75) is 24.9 Å². The van der Waals surface area contributed by atoms with E-state index in [1.165, 1.54) is 10.5 Å². The number of likely N-dealkylation sites (N-methyl/N-ethyl adjacent to an activating group) is 1. The fourth-order valence-electron chi connectivity index (χ4n) is 3.62. The van der Waals surface area contributed by atoms with Gasteiger partial charge in [-0.1, -0.05) is 30.3 Å². The Morgan fingerprint density at radius 2 is 1.88 bits per heavy atom. The summed E-state index contributed by atoms with van der Waals surface area (Å²) in [5.74, 6) is -0.199. The molecule has 3 rings (SSSR count). The summed E-state index contributed by atoms with van der Waals surface area (Å²) < 4.78 is 0. The van der Waals surface area contributed by atoms with Crippen LogP contribution in [0.15, 0.2) is 30.3 Å². The van der Waals surface area contributed by atoms with Crippen LogP contribution in [0.3, 0.4) is 0 Å². The number of aliphatic hydroxyl groups excluding tert-OH is 1. The SMILES string of the molecule is CN1C(=O)[C@H]2CN(CCCc3ccccc3)CCN2C(=O)[C@@H]1CO. The number of fused-ring (bicyclic) bond motifs is 1. The van der Waals surface area contributed by atoms with Gasteiger partial charge < -0.3 is 14.9 Å². The van der Waals surface area contributed by atoms with Gasteiger partial charge in [0.2, 0.25) is 11.8 Å². The molecular weight excluding hydrogens is 306 g/mol. The summed E-state index contributed by atoms with van der Waals surface area (Å²) in [4.78, 5) is 30.2. The van der Waals surface area contributed by atoms with Crippen LogP contribution in [0, 0.1) is 0 Å². The zero-order valence-electron chi connectivity index (χ0n) is 14.1. The number of rotatable bonds is 5. The zero-order chi connectivity index (χ0) is 17.1. The standard InChI is InChI=1S/C18H25N3O3/c1-19-16(13-22)18(24)21-11-10-20(12-15(21)17(19)23)9-5-8-14-6-3-2-4-7-14/h2-4,6-7,15-16,22H,5,8-13H2,1H3/t15-,16+/m1/s1. The highest BCUT2D eigenvalue weighted by Crippen LogP contribution is 2.21. The molecule has 1 aromatic rings. The molecule has 0 aliphatic carbocycles. The first-order valence-corrected chi connectivity index (χ1v) is 8.56. The highest BCUT2D eigenvalue weighted by molar-refractivity contribution is 5.97. The number of benzene rings is 1. The minimum Gasteiger partial charge on any atom is -0.394 e. The Balaban J connectivity index is 1.56. The third-order valence-corrected chi connectivity index (χ3v) is 5.09. The Labute approximate surface area is 142 Å². The number of aryl methyl sites for hydroxylation is 1. The van der Waals surface area contributed by atoms with Gasteiger partial charge in [0.05, 0.1) is 6.61 Å². The summed E-state index contributed by atoms with van der Waals surface area (Å²) in [7, 11) is 1.60. The summed E-state index contributed by atoms with van der Waals surface area (Å²) in [6.45, 7) is 2.54. The van der Waals surface area contributed by atoms with E-state index in [-0.39, 0.29) is 18.4 Å². The van der Waals surface area contributed by atoms with Crippen LogP contribution in [0.1, 0.15) is 12.0 Å². The van der Waals surface area contributed by atoms with Crippen molar-refractivity contribution in [3.8, 4) is 0 Å². The van der Waals surface area contributed by atoms with Crippen LogP contribution in [0.5, 0.6) is 0 Å². The third kappa shape index (κ3) is 3.30. The van der Waals surface area contributed by atoms with Gasteiger partial charge in [-0.25, -0.2) is 0 Å². The lowest BCUT2D eigenvalue weighted by Crippen LogP contribution is -2.70. The molecule has 0 unspecified atom stereocenters. The smallest absolute Gasteiger partial charge is 0.248 e. The van der Waals surface area contributed by atoms with Gasteiger partial charge in [0.1, 0.15) is 12.1 Å². The van der Waals surface area contributed by atoms with Gasteiger partial charge in [0.25, 0.3) is 0 Å². The molecule has 2 saturated heterocycles. The Morgan fingerprint density at radius 3 is 2.58 bits per heavy atom. The number of aliphatic hydroxyl groups is 1. The second kappa shape index (κ2) is 7.32. The molecule has 0 aromatic heterocycles. The van der Waals surface area contributed by atoms with Crippen LogP contribution >= 0.6 is 0 Å². The van der Waals surface area contributed by atoms with Gasteiger partial charge in [-0.2, -0.15) is 0 Å². The van der Waals surface area contributed by atoms with E-state index in [9.17, 15) is 14.7 Å². The van der Waals surface area contributed by atoms with Crippen LogP contribution in [-0.4, -0.2) is 83.5 Å². The number of carbonyl (C=O) groups excluding carboxylic acids is 2. The number of hydrogen-bond donors (Lipinski definition) is 1. The fourth-order valence-corrected chi connectivity index (χ4v) is 3.62. The molecule has 2 atom stereocenters. The second-order valence-electron chi connectivity index (χ2n) is 6.58. The monoisotopic (exact) mass is 331 g/mol. The van der Waals surface area contributed by atoms with Crippen LogP contribution in [0.25, 0.3) is 0 Å². The topological polar surface area (TPSA) is 64.1 Å². The zero-order valence-corrected chi connectivity index (χ0v) is 14.1. The van der Waals surface area contributed by atoms with E-state index in [4.69, 9.17) is 0 Å². The molecule has 6 nitrogen and oxygen atoms in total. The van der Waals surface area contributed by atoms with Gasteiger partial charge in [-0.15, -0.1) is 0 Å². The van der Waals surface area contributed by atoms with E-state index < -0.39 is 12.1 Å². The number of piperazine rings is 2. The molecule has 0 saturated carbocycles. The fraction of sp³-hybridized carbons (Fsp3) is 0.556. The predicted molar refractivity (Wildman–Crippen MR) is 90.3 cm³/mol. The van der Waals surface area contributed by atoms with Crippen molar-refractivity contribution in [3.05, 3.63) is 35.9 Å². The molecule has 24 heavy (non-hydrogen) atoms. The molecule has 6 heteroatoms. The maximum absolute atomic E-state index is 12.5. The Hall–Kier alpha value is -1.92. The quantitative estimate of drug-likeness (QED) is 0.823. The molecule has 2 fully saturated rings. The first-order chi connectivity index (χ1) is 11.6. The van der Waals surface area contributed by atoms with Crippen molar-refractivity contribution in [2.24, 2.45) is 0 Å². The number of amides is 2. The van der Waals surface area contributed by atoms with Crippen LogP contribution in [-0.2, 0) is 16.0 Å². The highest BCUT2D eigenvalue weighted by atomic mass is 16.3. The van der Waals surface area contributed by atoms with Gasteiger partial charge in [-0.05, 0) is 24.9 Å². The minimum atomic E-state index is -0.724. The maximum Gasteiger partial charge on any atom is 0.248 e. The van der Waals surface area contributed by atoms with E-state index in [0.717, 1.165) is 25.9 Å². The molecular formula is C18H25N3O3. The van der Waals surface area contributed by atoms with Gasteiger partial charge in [0.15, 0.2) is 0 Å². The molecule has 2 heterocycles. The first-order valence-electron chi connectivity index (χ1n) is 8.56. The average Bonchev–Trinajstić information content (AvgIpc) is 2.61. The second-order valence-corrected chi connectivity index (χ2v) is 6.58. The molecule has 130 valence electrons. The van der Waals surface area contributed by atoms with Gasteiger partial charge >= 0.3 is 0 Å². The van der Waals surface area contributed by atoms with Crippen molar-refractivity contribution in [1.82, 2.24) is 14.7 Å². The molecule has 0 bridgehead atoms. The Bertz CT molecular complexity index is 592. The Morgan fingerprint density at radius 1 is 1.12 bits per heavy atom. The largest absolute Gasteiger partial charge is 0.394 e. The molecule has 0 spiro atoms. The molecule has 2 amide bonds. The number of nitrogens with zero attached hydrogens (tertiary/aromatic N) is 3. The van der Waals surface area contributed by atoms with Crippen molar-refractivity contribution >= 4 is 11.8 Å². The van der Waals surface area contributed by atoms with Crippen molar-refractivity contribution in [3.63, 3.8) is 0 Å². The van der Waals surface area contributed by atoms with Crippen LogP contribution in [0.2, 0.25) is 0 Å². The van der Waals surface area contributed by atoms with E-state index in [1.54, 1.807) is 11.9 Å². The lowest BCUT2D eigenvalue weighted by atomic mass is 10.0. The van der Waals surface area contributed by atoms with E-state index in [1.807, 2.05) is 18.2 Å². The normalized spacial score (nSPS) is 25.1. The van der Waals surface area contributed by atoms with E-state index >= 15 is 0 Å². The minimum absolute atomic E-state index is 0.0681. The van der Waals surface area contributed by atoms with Crippen LogP contribution < -0.4 is 0 Å². The van der Waals surface area contributed by atoms with Gasteiger partial charge in [0, 0.05) is 26.7 Å². The molecule has 1 aromatic carbocycles. The van der Waals surface area contributed by atoms with E-state index in [0.29, 0.717) is 13.1 Å². The average molecular weight is 331 g/mol. The van der Waals surface area contributed by atoms with Gasteiger partial charge in [-0.3, -0.25) is 14.5 Å². The van der Waals surface area contributed by atoms with Crippen LogP contribution in [0.4, 0.5) is 0 Å². The Kier molecular flexibility index (Phi) is 5.16. The van der Waals surface area contributed by atoms with Crippen molar-refractivity contribution < 1.29 is 14.7 Å². The third-order valence-electron chi connectivity index (χ3n) is 5.09. The molecule has 0 radical (unpaired) electrons. The number of carbonyl (C=O) groups is 2. The first kappa shape index (κ1) is 16.9. The number of hydrogen-bond acceptors (Lipinski definition) is 4. The summed E-state index contributed by atoms with van der Waals surface area (Å²) in [5, 5.41) is 9.36. The molecule has 2 aliphatic rings. The lowest BCUT2D eigenvalue weighted by molar-refractivity contribution is -0.165. The molecule has 2 aliphatic heterocycles. The highest BCUT2D eigenvalue weighted by Gasteiger charge is 2.46. The van der Waals surface area contributed by atoms with Crippen molar-refractivity contribution in [2.75, 3.05) is 39.8 Å². The summed E-state index contributed by atoms with van der Waals surface area (Å²) in [6, 6.07) is 9.25. The van der Waals surface area contributed by atoms with Crippen molar-refractivity contribution in [1.29, 1.82) is 0 Å². The summed E-state index contributed by atoms with van der Waals surface area (Å²) in [5.41, 5.74) is 1.32. The lowest BCUT2D eigenvalue weighted by Gasteiger charge is -2.48. The maximum atomic E-state index is 12.5. The summed E-state index contributed by atoms with van der Waals surface area (Å²) >= 11 is 0. The summed E-state index contributed by atoms with van der Waals surface area (Å²) in [6.07, 6.45) is 2.05.